The number of aliphatic hydroxyl groups is 1. The highest BCUT2D eigenvalue weighted by Crippen LogP contribution is 2.12. The first-order chi connectivity index (χ1) is 9.60. The second-order valence-corrected chi connectivity index (χ2v) is 4.88. The summed E-state index contributed by atoms with van der Waals surface area (Å²) < 4.78 is 13.7. The molecule has 0 radical (unpaired) electrons. The molecule has 0 aliphatic carbocycles. The van der Waals surface area contributed by atoms with E-state index in [1.165, 1.54) is 18.2 Å². The molecule has 106 valence electrons. The molecule has 0 spiro atoms. The van der Waals surface area contributed by atoms with E-state index in [-0.39, 0.29) is 18.2 Å². The summed E-state index contributed by atoms with van der Waals surface area (Å²) in [7, 11) is 1.98. The molecule has 20 heavy (non-hydrogen) atoms. The highest BCUT2D eigenvalue weighted by molar-refractivity contribution is 5.95. The van der Waals surface area contributed by atoms with Crippen LogP contribution in [0.25, 0.3) is 0 Å². The molecule has 1 amide bonds. The maximum atomic E-state index is 13.7. The van der Waals surface area contributed by atoms with Crippen LogP contribution in [0.5, 0.6) is 0 Å². The number of rotatable bonds is 2. The van der Waals surface area contributed by atoms with Crippen LogP contribution in [0.3, 0.4) is 0 Å². The van der Waals surface area contributed by atoms with Crippen molar-refractivity contribution in [3.8, 4) is 11.8 Å². The van der Waals surface area contributed by atoms with E-state index >= 15 is 0 Å². The molecule has 1 unspecified atom stereocenters. The topological polar surface area (TPSA) is 52.6 Å². The maximum Gasteiger partial charge on any atom is 0.254 e. The van der Waals surface area contributed by atoms with Gasteiger partial charge in [-0.3, -0.25) is 4.79 Å². The largest absolute Gasteiger partial charge is 0.384 e. The number of aliphatic hydroxyl groups excluding tert-OH is 1. The van der Waals surface area contributed by atoms with Gasteiger partial charge in [-0.2, -0.15) is 0 Å². The first-order valence-corrected chi connectivity index (χ1v) is 6.49. The number of likely N-dealkylation sites (N-methyl/N-ethyl adjacent to an activating group) is 1. The van der Waals surface area contributed by atoms with Crippen LogP contribution in [-0.2, 0) is 0 Å². The van der Waals surface area contributed by atoms with Gasteiger partial charge in [0.05, 0.1) is 5.56 Å². The Hall–Kier alpha value is -1.90. The van der Waals surface area contributed by atoms with Crippen LogP contribution in [0.2, 0.25) is 0 Å². The maximum absolute atomic E-state index is 13.7. The Kier molecular flexibility index (Phi) is 4.72. The van der Waals surface area contributed by atoms with Crippen molar-refractivity contribution in [1.82, 2.24) is 10.2 Å². The predicted molar refractivity (Wildman–Crippen MR) is 73.7 cm³/mol. The van der Waals surface area contributed by atoms with E-state index in [1.54, 1.807) is 0 Å². The lowest BCUT2D eigenvalue weighted by molar-refractivity contribution is 0.0934. The highest BCUT2D eigenvalue weighted by Gasteiger charge is 2.22. The van der Waals surface area contributed by atoms with Gasteiger partial charge in [-0.1, -0.05) is 11.8 Å². The van der Waals surface area contributed by atoms with E-state index in [1.807, 2.05) is 7.05 Å². The van der Waals surface area contributed by atoms with Gasteiger partial charge in [0, 0.05) is 18.2 Å². The van der Waals surface area contributed by atoms with Crippen LogP contribution in [0.1, 0.15) is 22.3 Å². The number of nitrogens with one attached hydrogen (secondary N) is 1. The molecule has 1 heterocycles. The Bertz CT molecular complexity index is 563. The van der Waals surface area contributed by atoms with Crippen molar-refractivity contribution in [2.24, 2.45) is 0 Å². The van der Waals surface area contributed by atoms with Crippen molar-refractivity contribution in [2.75, 3.05) is 26.7 Å². The molecular formula is C15H17FN2O2. The molecule has 2 N–H and O–H groups in total. The molecule has 0 bridgehead atoms. The van der Waals surface area contributed by atoms with Crippen molar-refractivity contribution < 1.29 is 14.3 Å². The van der Waals surface area contributed by atoms with Gasteiger partial charge in [0.25, 0.3) is 5.91 Å². The fraction of sp³-hybridized carbons (Fsp3) is 0.400. The summed E-state index contributed by atoms with van der Waals surface area (Å²) >= 11 is 0. The van der Waals surface area contributed by atoms with Crippen molar-refractivity contribution >= 4 is 5.91 Å². The Morgan fingerprint density at radius 1 is 1.60 bits per heavy atom. The van der Waals surface area contributed by atoms with E-state index in [0.717, 1.165) is 19.5 Å². The van der Waals surface area contributed by atoms with E-state index in [2.05, 4.69) is 22.1 Å². The number of halogens is 1. The van der Waals surface area contributed by atoms with Crippen molar-refractivity contribution in [3.05, 3.63) is 35.1 Å². The first-order valence-electron chi connectivity index (χ1n) is 6.49. The lowest BCUT2D eigenvalue weighted by Gasteiger charge is -2.13. The monoisotopic (exact) mass is 276 g/mol. The van der Waals surface area contributed by atoms with Crippen molar-refractivity contribution in [2.45, 2.75) is 12.5 Å². The highest BCUT2D eigenvalue weighted by atomic mass is 19.1. The molecule has 4 nitrogen and oxygen atoms in total. The number of benzene rings is 1. The molecule has 1 aromatic rings. The van der Waals surface area contributed by atoms with Gasteiger partial charge in [0.15, 0.2) is 0 Å². The molecule has 1 aromatic carbocycles. The van der Waals surface area contributed by atoms with Crippen LogP contribution >= 0.6 is 0 Å². The lowest BCUT2D eigenvalue weighted by atomic mass is 10.1. The number of hydrogen-bond acceptors (Lipinski definition) is 3. The molecule has 1 aliphatic heterocycles. The van der Waals surface area contributed by atoms with Gasteiger partial charge in [0.1, 0.15) is 12.4 Å². The second kappa shape index (κ2) is 6.51. The molecule has 2 rings (SSSR count). The zero-order valence-corrected chi connectivity index (χ0v) is 11.3. The van der Waals surface area contributed by atoms with Crippen LogP contribution in [0.15, 0.2) is 18.2 Å². The number of nitrogens with zero attached hydrogens (tertiary/aromatic N) is 1. The molecule has 1 aliphatic rings. The molecule has 0 saturated carbocycles. The van der Waals surface area contributed by atoms with E-state index < -0.39 is 11.7 Å². The second-order valence-electron chi connectivity index (χ2n) is 4.88. The Balaban J connectivity index is 2.12. The first kappa shape index (κ1) is 14.5. The summed E-state index contributed by atoms with van der Waals surface area (Å²) in [5.74, 6) is 4.15. The minimum Gasteiger partial charge on any atom is -0.384 e. The van der Waals surface area contributed by atoms with Gasteiger partial charge in [0.2, 0.25) is 0 Å². The van der Waals surface area contributed by atoms with Gasteiger partial charge < -0.3 is 15.3 Å². The SMILES string of the molecule is CN1CCC(NC(=O)c2cc(C#CCO)ccc2F)C1. The van der Waals surface area contributed by atoms with Crippen LogP contribution < -0.4 is 5.32 Å². The van der Waals surface area contributed by atoms with Gasteiger partial charge in [-0.05, 0) is 38.2 Å². The minimum atomic E-state index is -0.566. The zero-order valence-electron chi connectivity index (χ0n) is 11.3. The molecule has 1 saturated heterocycles. The van der Waals surface area contributed by atoms with Crippen molar-refractivity contribution in [1.29, 1.82) is 0 Å². The molecule has 1 fully saturated rings. The molecule has 0 aromatic heterocycles. The minimum absolute atomic E-state index is 0.00991. The Morgan fingerprint density at radius 2 is 2.40 bits per heavy atom. The van der Waals surface area contributed by atoms with Crippen LogP contribution in [0, 0.1) is 17.7 Å². The number of carbonyl (C=O) groups is 1. The summed E-state index contributed by atoms with van der Waals surface area (Å²) in [6.45, 7) is 1.43. The molecule has 1 atom stereocenters. The summed E-state index contributed by atoms with van der Waals surface area (Å²) in [5.41, 5.74) is 0.499. The fourth-order valence-electron chi connectivity index (χ4n) is 2.23. The van der Waals surface area contributed by atoms with Crippen LogP contribution in [-0.4, -0.2) is 48.7 Å². The quantitative estimate of drug-likeness (QED) is 0.778. The van der Waals surface area contributed by atoms with Gasteiger partial charge in [-0.25, -0.2) is 4.39 Å². The predicted octanol–water partition coefficient (Wildman–Crippen LogP) is 0.603. The molecule has 5 heteroatoms. The Labute approximate surface area is 117 Å². The summed E-state index contributed by atoms with van der Waals surface area (Å²) in [6.07, 6.45) is 0.869. The number of likely N-dealkylation sites (tertiary alicyclic amines) is 1. The molecular weight excluding hydrogens is 259 g/mol. The fourth-order valence-corrected chi connectivity index (χ4v) is 2.23. The zero-order chi connectivity index (χ0) is 14.5. The third-order valence-corrected chi connectivity index (χ3v) is 3.25. The van der Waals surface area contributed by atoms with Gasteiger partial charge >= 0.3 is 0 Å². The average molecular weight is 276 g/mol. The van der Waals surface area contributed by atoms with E-state index in [9.17, 15) is 9.18 Å². The van der Waals surface area contributed by atoms with Crippen LogP contribution in [0.4, 0.5) is 4.39 Å². The smallest absolute Gasteiger partial charge is 0.254 e. The van der Waals surface area contributed by atoms with E-state index in [4.69, 9.17) is 5.11 Å². The number of amides is 1. The van der Waals surface area contributed by atoms with Crippen molar-refractivity contribution in [3.63, 3.8) is 0 Å². The number of hydrogen-bond donors (Lipinski definition) is 2. The summed E-state index contributed by atoms with van der Waals surface area (Å²) in [5, 5.41) is 11.5. The lowest BCUT2D eigenvalue weighted by Crippen LogP contribution is -2.36. The summed E-state index contributed by atoms with van der Waals surface area (Å²) in [6, 6.07) is 4.17. The average Bonchev–Trinajstić information content (AvgIpc) is 2.83. The Morgan fingerprint density at radius 3 is 3.05 bits per heavy atom. The number of carbonyl (C=O) groups excluding carboxylic acids is 1. The van der Waals surface area contributed by atoms with E-state index in [0.29, 0.717) is 5.56 Å². The normalized spacial score (nSPS) is 18.4. The summed E-state index contributed by atoms with van der Waals surface area (Å²) in [4.78, 5) is 14.2. The van der Waals surface area contributed by atoms with Gasteiger partial charge in [-0.15, -0.1) is 0 Å². The third-order valence-electron chi connectivity index (χ3n) is 3.25. The third kappa shape index (κ3) is 3.56. The standard InChI is InChI=1S/C15H17FN2O2/c1-18-7-6-12(10-18)17-15(20)13-9-11(3-2-8-19)4-5-14(13)16/h4-5,9,12,19H,6-8,10H2,1H3,(H,17,20).